The lowest BCUT2D eigenvalue weighted by Crippen LogP contribution is -2.45. The van der Waals surface area contributed by atoms with Crippen LogP contribution in [0, 0.1) is 5.82 Å². The molecule has 100 valence electrons. The largest absolute Gasteiger partial charge is 0.492 e. The zero-order chi connectivity index (χ0) is 13.0. The van der Waals surface area contributed by atoms with Gasteiger partial charge in [0.15, 0.2) is 0 Å². The third-order valence-corrected chi connectivity index (χ3v) is 3.81. The molecule has 0 saturated carbocycles. The first-order valence-corrected chi connectivity index (χ1v) is 6.93. The summed E-state index contributed by atoms with van der Waals surface area (Å²) in [6.45, 7) is 5.86. The van der Waals surface area contributed by atoms with E-state index in [1.807, 2.05) is 0 Å². The van der Waals surface area contributed by atoms with Gasteiger partial charge in [-0.1, -0.05) is 0 Å². The smallest absolute Gasteiger partial charge is 0.141 e. The van der Waals surface area contributed by atoms with E-state index in [0.29, 0.717) is 16.8 Å². The van der Waals surface area contributed by atoms with Gasteiger partial charge in [0.1, 0.15) is 18.2 Å². The van der Waals surface area contributed by atoms with E-state index in [1.54, 1.807) is 12.1 Å². The standard InChI is InChI=1S/C13H18BrFN2O/c1-16-4-6-17(7-5-16)8-9-18-11-2-3-12(14)13(15)10-11/h2-3,10H,4-9H2,1H3. The SMILES string of the molecule is CN1CCN(CCOc2ccc(Br)c(F)c2)CC1. The maximum atomic E-state index is 13.3. The van der Waals surface area contributed by atoms with Crippen molar-refractivity contribution in [1.82, 2.24) is 9.80 Å². The molecule has 0 aromatic heterocycles. The van der Waals surface area contributed by atoms with Crippen LogP contribution in [0.1, 0.15) is 0 Å². The number of benzene rings is 1. The summed E-state index contributed by atoms with van der Waals surface area (Å²) in [7, 11) is 2.14. The maximum Gasteiger partial charge on any atom is 0.141 e. The molecule has 1 aliphatic heterocycles. The second kappa shape index (κ2) is 6.50. The lowest BCUT2D eigenvalue weighted by molar-refractivity contribution is 0.133. The molecule has 0 amide bonds. The first kappa shape index (κ1) is 13.8. The summed E-state index contributed by atoms with van der Waals surface area (Å²) in [6.07, 6.45) is 0. The molecule has 0 aliphatic carbocycles. The van der Waals surface area contributed by atoms with E-state index in [-0.39, 0.29) is 5.82 Å². The average Bonchev–Trinajstić information content (AvgIpc) is 2.36. The molecule has 1 aromatic carbocycles. The Morgan fingerprint density at radius 3 is 2.67 bits per heavy atom. The molecule has 1 heterocycles. The van der Waals surface area contributed by atoms with Crippen LogP contribution in [-0.4, -0.2) is 56.2 Å². The number of hydrogen-bond donors (Lipinski definition) is 0. The van der Waals surface area contributed by atoms with Crippen LogP contribution in [0.4, 0.5) is 4.39 Å². The zero-order valence-corrected chi connectivity index (χ0v) is 12.1. The van der Waals surface area contributed by atoms with Crippen molar-refractivity contribution in [2.45, 2.75) is 0 Å². The first-order valence-electron chi connectivity index (χ1n) is 6.14. The molecular formula is C13H18BrFN2O. The van der Waals surface area contributed by atoms with Crippen molar-refractivity contribution in [2.75, 3.05) is 46.4 Å². The predicted molar refractivity (Wildman–Crippen MR) is 73.5 cm³/mol. The Hall–Kier alpha value is -0.650. The highest BCUT2D eigenvalue weighted by Gasteiger charge is 2.13. The van der Waals surface area contributed by atoms with Gasteiger partial charge in [0.05, 0.1) is 4.47 Å². The van der Waals surface area contributed by atoms with Gasteiger partial charge in [0.25, 0.3) is 0 Å². The number of ether oxygens (including phenoxy) is 1. The molecule has 0 radical (unpaired) electrons. The number of nitrogens with zero attached hydrogens (tertiary/aromatic N) is 2. The van der Waals surface area contributed by atoms with Crippen LogP contribution in [0.25, 0.3) is 0 Å². The minimum atomic E-state index is -0.285. The highest BCUT2D eigenvalue weighted by Crippen LogP contribution is 2.20. The van der Waals surface area contributed by atoms with Crippen LogP contribution in [0.3, 0.4) is 0 Å². The van der Waals surface area contributed by atoms with E-state index in [2.05, 4.69) is 32.8 Å². The summed E-state index contributed by atoms with van der Waals surface area (Å²) in [5, 5.41) is 0. The minimum Gasteiger partial charge on any atom is -0.492 e. The first-order chi connectivity index (χ1) is 8.65. The molecule has 0 spiro atoms. The van der Waals surface area contributed by atoms with Crippen molar-refractivity contribution in [1.29, 1.82) is 0 Å². The average molecular weight is 317 g/mol. The second-order valence-electron chi connectivity index (χ2n) is 4.57. The molecule has 3 nitrogen and oxygen atoms in total. The number of likely N-dealkylation sites (N-methyl/N-ethyl adjacent to an activating group) is 1. The van der Waals surface area contributed by atoms with E-state index in [4.69, 9.17) is 4.74 Å². The van der Waals surface area contributed by atoms with Crippen LogP contribution in [0.5, 0.6) is 5.75 Å². The fourth-order valence-electron chi connectivity index (χ4n) is 1.93. The van der Waals surface area contributed by atoms with E-state index in [0.717, 1.165) is 32.7 Å². The molecule has 2 rings (SSSR count). The number of hydrogen-bond acceptors (Lipinski definition) is 3. The van der Waals surface area contributed by atoms with Crippen molar-refractivity contribution in [3.8, 4) is 5.75 Å². The summed E-state index contributed by atoms with van der Waals surface area (Å²) in [6, 6.07) is 4.85. The molecule has 0 bridgehead atoms. The van der Waals surface area contributed by atoms with Crippen LogP contribution in [-0.2, 0) is 0 Å². The van der Waals surface area contributed by atoms with Crippen molar-refractivity contribution in [2.24, 2.45) is 0 Å². The lowest BCUT2D eigenvalue weighted by atomic mass is 10.3. The molecule has 1 fully saturated rings. The zero-order valence-electron chi connectivity index (χ0n) is 10.5. The van der Waals surface area contributed by atoms with Crippen LogP contribution >= 0.6 is 15.9 Å². The fraction of sp³-hybridized carbons (Fsp3) is 0.538. The molecule has 1 aromatic rings. The molecule has 5 heteroatoms. The summed E-state index contributed by atoms with van der Waals surface area (Å²) in [5.74, 6) is 0.303. The monoisotopic (exact) mass is 316 g/mol. The second-order valence-corrected chi connectivity index (χ2v) is 5.42. The Bertz CT molecular complexity index is 395. The highest BCUT2D eigenvalue weighted by atomic mass is 79.9. The van der Waals surface area contributed by atoms with E-state index in [9.17, 15) is 4.39 Å². The maximum absolute atomic E-state index is 13.3. The highest BCUT2D eigenvalue weighted by molar-refractivity contribution is 9.10. The third-order valence-electron chi connectivity index (χ3n) is 3.16. The van der Waals surface area contributed by atoms with E-state index in [1.165, 1.54) is 6.07 Å². The van der Waals surface area contributed by atoms with E-state index >= 15 is 0 Å². The Labute approximate surface area is 116 Å². The third kappa shape index (κ3) is 3.93. The van der Waals surface area contributed by atoms with Crippen LogP contribution in [0.15, 0.2) is 22.7 Å². The normalized spacial score (nSPS) is 17.9. The Balaban J connectivity index is 1.73. The van der Waals surface area contributed by atoms with Gasteiger partial charge in [-0.25, -0.2) is 4.39 Å². The lowest BCUT2D eigenvalue weighted by Gasteiger charge is -2.32. The predicted octanol–water partition coefficient (Wildman–Crippen LogP) is 2.21. The molecule has 0 N–H and O–H groups in total. The van der Waals surface area contributed by atoms with Crippen molar-refractivity contribution in [3.63, 3.8) is 0 Å². The van der Waals surface area contributed by atoms with Gasteiger partial charge in [-0.2, -0.15) is 0 Å². The van der Waals surface area contributed by atoms with Crippen LogP contribution < -0.4 is 4.74 Å². The molecule has 1 aliphatic rings. The number of halogens is 2. The van der Waals surface area contributed by atoms with Gasteiger partial charge >= 0.3 is 0 Å². The van der Waals surface area contributed by atoms with Gasteiger partial charge in [0, 0.05) is 38.8 Å². The Kier molecular flexibility index (Phi) is 4.97. The van der Waals surface area contributed by atoms with Crippen molar-refractivity contribution >= 4 is 15.9 Å². The summed E-state index contributed by atoms with van der Waals surface area (Å²) in [5.41, 5.74) is 0. The van der Waals surface area contributed by atoms with Crippen molar-refractivity contribution < 1.29 is 9.13 Å². The van der Waals surface area contributed by atoms with Gasteiger partial charge in [-0.05, 0) is 35.1 Å². The van der Waals surface area contributed by atoms with E-state index < -0.39 is 0 Å². The molecule has 0 atom stereocenters. The molecule has 0 unspecified atom stereocenters. The number of rotatable bonds is 4. The van der Waals surface area contributed by atoms with Gasteiger partial charge in [-0.15, -0.1) is 0 Å². The van der Waals surface area contributed by atoms with Crippen molar-refractivity contribution in [3.05, 3.63) is 28.5 Å². The topological polar surface area (TPSA) is 15.7 Å². The quantitative estimate of drug-likeness (QED) is 0.847. The summed E-state index contributed by atoms with van der Waals surface area (Å²) in [4.78, 5) is 4.69. The number of piperazine rings is 1. The minimum absolute atomic E-state index is 0.285. The van der Waals surface area contributed by atoms with Gasteiger partial charge < -0.3 is 9.64 Å². The summed E-state index contributed by atoms with van der Waals surface area (Å²) < 4.78 is 19.3. The fourth-order valence-corrected chi connectivity index (χ4v) is 2.18. The Morgan fingerprint density at radius 1 is 1.28 bits per heavy atom. The van der Waals surface area contributed by atoms with Crippen LogP contribution in [0.2, 0.25) is 0 Å². The summed E-state index contributed by atoms with van der Waals surface area (Å²) >= 11 is 3.12. The van der Waals surface area contributed by atoms with Gasteiger partial charge in [-0.3, -0.25) is 4.90 Å². The molecule has 1 saturated heterocycles. The van der Waals surface area contributed by atoms with Gasteiger partial charge in [0.2, 0.25) is 0 Å². The molecular weight excluding hydrogens is 299 g/mol. The Morgan fingerprint density at radius 2 is 2.00 bits per heavy atom. The molecule has 18 heavy (non-hydrogen) atoms.